The molecule has 10 heteroatoms. The Bertz CT molecular complexity index is 1090. The van der Waals surface area contributed by atoms with E-state index in [0.29, 0.717) is 15.7 Å². The fourth-order valence-electron chi connectivity index (χ4n) is 3.42. The van der Waals surface area contributed by atoms with Crippen LogP contribution in [0, 0.1) is 0 Å². The highest BCUT2D eigenvalue weighted by Gasteiger charge is 2.27. The standard InChI is InChI=1S/C24H31Cl2N3O4S/c1-17(2)27-24(31)18(3)28(16-19-12-13-21(25)22(26)15-19)23(30)11-8-14-29(34(4,32)33)20-9-6-5-7-10-20/h5-7,9-10,12-13,15,17-18H,8,11,14,16H2,1-4H3,(H,27,31)/t18-/m1/s1. The summed E-state index contributed by atoms with van der Waals surface area (Å²) in [5.41, 5.74) is 1.27. The first-order valence-electron chi connectivity index (χ1n) is 11.0. The van der Waals surface area contributed by atoms with Crippen LogP contribution in [0.5, 0.6) is 0 Å². The zero-order valence-corrected chi connectivity index (χ0v) is 22.1. The summed E-state index contributed by atoms with van der Waals surface area (Å²) in [5, 5.41) is 3.59. The predicted molar refractivity (Wildman–Crippen MR) is 138 cm³/mol. The third-order valence-corrected chi connectivity index (χ3v) is 7.06. The van der Waals surface area contributed by atoms with Gasteiger partial charge in [-0.05, 0) is 57.0 Å². The quantitative estimate of drug-likeness (QED) is 0.466. The van der Waals surface area contributed by atoms with Gasteiger partial charge in [0.2, 0.25) is 21.8 Å². The van der Waals surface area contributed by atoms with E-state index < -0.39 is 16.1 Å². The molecule has 0 aromatic heterocycles. The van der Waals surface area contributed by atoms with E-state index in [-0.39, 0.29) is 43.8 Å². The minimum absolute atomic E-state index is 0.0689. The topological polar surface area (TPSA) is 86.8 Å². The molecule has 0 fully saturated rings. The predicted octanol–water partition coefficient (Wildman–Crippen LogP) is 4.48. The van der Waals surface area contributed by atoms with Crippen LogP contribution in [-0.4, -0.2) is 50.0 Å². The van der Waals surface area contributed by atoms with E-state index in [1.807, 2.05) is 13.8 Å². The molecule has 34 heavy (non-hydrogen) atoms. The Kier molecular flexibility index (Phi) is 10.2. The summed E-state index contributed by atoms with van der Waals surface area (Å²) in [6.45, 7) is 5.66. The summed E-state index contributed by atoms with van der Waals surface area (Å²) >= 11 is 12.1. The van der Waals surface area contributed by atoms with Crippen molar-refractivity contribution >= 4 is 50.7 Å². The van der Waals surface area contributed by atoms with Crippen molar-refractivity contribution in [1.29, 1.82) is 0 Å². The summed E-state index contributed by atoms with van der Waals surface area (Å²) in [6, 6.07) is 13.0. The fraction of sp³-hybridized carbons (Fsp3) is 0.417. The highest BCUT2D eigenvalue weighted by molar-refractivity contribution is 7.92. The average Bonchev–Trinajstić information content (AvgIpc) is 2.76. The number of nitrogens with one attached hydrogen (secondary N) is 1. The van der Waals surface area contributed by atoms with E-state index in [2.05, 4.69) is 5.32 Å². The Morgan fingerprint density at radius 1 is 1.00 bits per heavy atom. The fourth-order valence-corrected chi connectivity index (χ4v) is 4.71. The van der Waals surface area contributed by atoms with Crippen molar-refractivity contribution < 1.29 is 18.0 Å². The molecule has 2 aromatic rings. The van der Waals surface area contributed by atoms with Gasteiger partial charge < -0.3 is 10.2 Å². The van der Waals surface area contributed by atoms with Crippen LogP contribution in [0.2, 0.25) is 10.0 Å². The molecule has 0 unspecified atom stereocenters. The maximum Gasteiger partial charge on any atom is 0.242 e. The largest absolute Gasteiger partial charge is 0.352 e. The minimum atomic E-state index is -3.52. The number of benzene rings is 2. The maximum absolute atomic E-state index is 13.2. The Labute approximate surface area is 212 Å². The lowest BCUT2D eigenvalue weighted by Gasteiger charge is -2.30. The number of nitrogens with zero attached hydrogens (tertiary/aromatic N) is 2. The number of hydrogen-bond donors (Lipinski definition) is 1. The first-order valence-corrected chi connectivity index (χ1v) is 13.6. The zero-order valence-electron chi connectivity index (χ0n) is 19.8. The first kappa shape index (κ1) is 28.0. The van der Waals surface area contributed by atoms with E-state index in [1.54, 1.807) is 55.5 Å². The van der Waals surface area contributed by atoms with Gasteiger partial charge in [0, 0.05) is 25.6 Å². The van der Waals surface area contributed by atoms with E-state index >= 15 is 0 Å². The summed E-state index contributed by atoms with van der Waals surface area (Å²) < 4.78 is 25.9. The molecule has 0 aliphatic rings. The van der Waals surface area contributed by atoms with Gasteiger partial charge in [-0.1, -0.05) is 47.5 Å². The molecule has 7 nitrogen and oxygen atoms in total. The van der Waals surface area contributed by atoms with E-state index in [4.69, 9.17) is 23.2 Å². The highest BCUT2D eigenvalue weighted by Crippen LogP contribution is 2.24. The molecule has 0 saturated heterocycles. The van der Waals surface area contributed by atoms with Crippen molar-refractivity contribution in [2.24, 2.45) is 0 Å². The number of anilines is 1. The van der Waals surface area contributed by atoms with Crippen molar-refractivity contribution in [3.63, 3.8) is 0 Å². The second-order valence-electron chi connectivity index (χ2n) is 8.38. The Balaban J connectivity index is 2.17. The van der Waals surface area contributed by atoms with Crippen molar-refractivity contribution in [3.8, 4) is 0 Å². The lowest BCUT2D eigenvalue weighted by atomic mass is 10.1. The molecule has 0 aliphatic carbocycles. The summed E-state index contributed by atoms with van der Waals surface area (Å²) in [7, 11) is -3.52. The Morgan fingerprint density at radius 2 is 1.65 bits per heavy atom. The van der Waals surface area contributed by atoms with Crippen molar-refractivity contribution in [3.05, 3.63) is 64.1 Å². The number of para-hydroxylation sites is 1. The van der Waals surface area contributed by atoms with Gasteiger partial charge in [-0.25, -0.2) is 8.42 Å². The van der Waals surface area contributed by atoms with Gasteiger partial charge in [-0.2, -0.15) is 0 Å². The lowest BCUT2D eigenvalue weighted by molar-refractivity contribution is -0.140. The third kappa shape index (κ3) is 8.18. The van der Waals surface area contributed by atoms with E-state index in [9.17, 15) is 18.0 Å². The van der Waals surface area contributed by atoms with Gasteiger partial charge in [0.1, 0.15) is 6.04 Å². The molecule has 0 bridgehead atoms. The number of halogens is 2. The highest BCUT2D eigenvalue weighted by atomic mass is 35.5. The SMILES string of the molecule is CC(C)NC(=O)[C@@H](C)N(Cc1ccc(Cl)c(Cl)c1)C(=O)CCCN(c1ccccc1)S(C)(=O)=O. The number of sulfonamides is 1. The molecular formula is C24H31Cl2N3O4S. The number of rotatable bonds is 11. The molecule has 186 valence electrons. The Hall–Kier alpha value is -2.29. The second kappa shape index (κ2) is 12.4. The third-order valence-electron chi connectivity index (χ3n) is 5.13. The molecule has 2 amide bonds. The van der Waals surface area contributed by atoms with Crippen LogP contribution in [0.1, 0.15) is 39.2 Å². The molecule has 0 aliphatic heterocycles. The molecule has 2 rings (SSSR count). The van der Waals surface area contributed by atoms with Gasteiger partial charge in [0.25, 0.3) is 0 Å². The summed E-state index contributed by atoms with van der Waals surface area (Å²) in [6.07, 6.45) is 1.49. The van der Waals surface area contributed by atoms with Crippen LogP contribution < -0.4 is 9.62 Å². The van der Waals surface area contributed by atoms with Crippen LogP contribution in [-0.2, 0) is 26.2 Å². The number of hydrogen-bond acceptors (Lipinski definition) is 4. The first-order chi connectivity index (χ1) is 15.9. The van der Waals surface area contributed by atoms with Crippen LogP contribution in [0.4, 0.5) is 5.69 Å². The summed E-state index contributed by atoms with van der Waals surface area (Å²) in [5.74, 6) is -0.538. The van der Waals surface area contributed by atoms with E-state index in [1.165, 1.54) is 9.21 Å². The minimum Gasteiger partial charge on any atom is -0.352 e. The van der Waals surface area contributed by atoms with Crippen LogP contribution >= 0.6 is 23.2 Å². The molecule has 1 N–H and O–H groups in total. The molecule has 0 heterocycles. The smallest absolute Gasteiger partial charge is 0.242 e. The van der Waals surface area contributed by atoms with Gasteiger partial charge in [-0.3, -0.25) is 13.9 Å². The number of amides is 2. The molecule has 1 atom stereocenters. The molecular weight excluding hydrogens is 497 g/mol. The van der Waals surface area contributed by atoms with Crippen molar-refractivity contribution in [1.82, 2.24) is 10.2 Å². The molecule has 2 aromatic carbocycles. The zero-order chi connectivity index (χ0) is 25.5. The van der Waals surface area contributed by atoms with Crippen LogP contribution in [0.15, 0.2) is 48.5 Å². The lowest BCUT2D eigenvalue weighted by Crippen LogP contribution is -2.49. The van der Waals surface area contributed by atoms with Crippen LogP contribution in [0.3, 0.4) is 0 Å². The van der Waals surface area contributed by atoms with E-state index in [0.717, 1.165) is 11.8 Å². The average molecular weight is 529 g/mol. The normalized spacial score (nSPS) is 12.3. The molecule has 0 radical (unpaired) electrons. The maximum atomic E-state index is 13.2. The number of carbonyl (C=O) groups is 2. The monoisotopic (exact) mass is 527 g/mol. The van der Waals surface area contributed by atoms with Gasteiger partial charge in [0.05, 0.1) is 22.0 Å². The van der Waals surface area contributed by atoms with Crippen molar-refractivity contribution in [2.45, 2.75) is 52.2 Å². The molecule has 0 spiro atoms. The second-order valence-corrected chi connectivity index (χ2v) is 11.1. The molecule has 0 saturated carbocycles. The van der Waals surface area contributed by atoms with Crippen molar-refractivity contribution in [2.75, 3.05) is 17.1 Å². The number of carbonyl (C=O) groups excluding carboxylic acids is 2. The van der Waals surface area contributed by atoms with Gasteiger partial charge >= 0.3 is 0 Å². The Morgan fingerprint density at radius 3 is 2.21 bits per heavy atom. The van der Waals surface area contributed by atoms with Crippen LogP contribution in [0.25, 0.3) is 0 Å². The summed E-state index contributed by atoms with van der Waals surface area (Å²) in [4.78, 5) is 27.4. The van der Waals surface area contributed by atoms with Gasteiger partial charge in [0.15, 0.2) is 0 Å². The van der Waals surface area contributed by atoms with Gasteiger partial charge in [-0.15, -0.1) is 0 Å².